The largest absolute Gasteiger partial charge is 0.444 e. The van der Waals surface area contributed by atoms with Gasteiger partial charge in [-0.15, -0.1) is 0 Å². The van der Waals surface area contributed by atoms with Crippen LogP contribution < -0.4 is 5.73 Å². The Morgan fingerprint density at radius 1 is 1.41 bits per heavy atom. The summed E-state index contributed by atoms with van der Waals surface area (Å²) >= 11 is 3.38. The standard InChI is InChI=1S/C15H28BrN3O3/c1-10(19(7)14(20)22-15(3,4)5)8-21-9-12(17)13(16)11(2)18-6/h10H,8-9,17H2,1-7H3/b13-12+,18-11?. The lowest BCUT2D eigenvalue weighted by atomic mass is 10.2. The molecule has 0 saturated carbocycles. The zero-order valence-corrected chi connectivity index (χ0v) is 16.2. The van der Waals surface area contributed by atoms with E-state index < -0.39 is 5.60 Å². The first kappa shape index (κ1) is 20.9. The number of amides is 1. The first-order valence-electron chi connectivity index (χ1n) is 7.11. The number of rotatable bonds is 6. The third kappa shape index (κ3) is 7.79. The molecule has 0 aromatic heterocycles. The number of likely N-dealkylation sites (N-methyl/N-ethyl adjacent to an activating group) is 1. The average molecular weight is 378 g/mol. The van der Waals surface area contributed by atoms with E-state index in [0.29, 0.717) is 12.3 Å². The second kappa shape index (κ2) is 9.15. The summed E-state index contributed by atoms with van der Waals surface area (Å²) < 4.78 is 11.6. The fourth-order valence-electron chi connectivity index (χ4n) is 1.36. The number of ether oxygens (including phenoxy) is 2. The third-order valence-electron chi connectivity index (χ3n) is 2.89. The highest BCUT2D eigenvalue weighted by atomic mass is 79.9. The molecule has 128 valence electrons. The molecule has 1 amide bonds. The Bertz CT molecular complexity index is 442. The van der Waals surface area contributed by atoms with Crippen LogP contribution in [0.15, 0.2) is 15.2 Å². The summed E-state index contributed by atoms with van der Waals surface area (Å²) in [5.74, 6) is 0. The molecule has 2 N–H and O–H groups in total. The summed E-state index contributed by atoms with van der Waals surface area (Å²) in [6.45, 7) is 9.87. The fraction of sp³-hybridized carbons (Fsp3) is 0.733. The van der Waals surface area contributed by atoms with Gasteiger partial charge in [0.2, 0.25) is 0 Å². The molecule has 0 aliphatic carbocycles. The maximum atomic E-state index is 11.9. The second-order valence-corrected chi connectivity index (χ2v) is 6.90. The highest BCUT2D eigenvalue weighted by molar-refractivity contribution is 9.12. The maximum Gasteiger partial charge on any atom is 0.410 e. The van der Waals surface area contributed by atoms with Crippen LogP contribution in [-0.4, -0.2) is 55.7 Å². The van der Waals surface area contributed by atoms with Crippen LogP contribution in [0.1, 0.15) is 34.6 Å². The smallest absolute Gasteiger partial charge is 0.410 e. The van der Waals surface area contributed by atoms with Crippen LogP contribution in [0.4, 0.5) is 4.79 Å². The van der Waals surface area contributed by atoms with Crippen LogP contribution in [0.5, 0.6) is 0 Å². The average Bonchev–Trinajstić information content (AvgIpc) is 2.42. The number of carbonyl (C=O) groups excluding carboxylic acids is 1. The predicted octanol–water partition coefficient (Wildman–Crippen LogP) is 2.91. The molecule has 0 saturated heterocycles. The Morgan fingerprint density at radius 3 is 2.41 bits per heavy atom. The van der Waals surface area contributed by atoms with Gasteiger partial charge in [-0.1, -0.05) is 0 Å². The van der Waals surface area contributed by atoms with Crippen molar-refractivity contribution in [1.29, 1.82) is 0 Å². The monoisotopic (exact) mass is 377 g/mol. The molecule has 0 rings (SSSR count). The zero-order valence-electron chi connectivity index (χ0n) is 14.6. The Labute approximate surface area is 141 Å². The van der Waals surface area contributed by atoms with E-state index in [9.17, 15) is 4.79 Å². The van der Waals surface area contributed by atoms with Gasteiger partial charge >= 0.3 is 6.09 Å². The van der Waals surface area contributed by atoms with E-state index in [4.69, 9.17) is 15.2 Å². The molecule has 0 fully saturated rings. The summed E-state index contributed by atoms with van der Waals surface area (Å²) in [4.78, 5) is 17.5. The summed E-state index contributed by atoms with van der Waals surface area (Å²) in [6.07, 6.45) is -0.373. The Hall–Kier alpha value is -1.08. The number of carbonyl (C=O) groups is 1. The van der Waals surface area contributed by atoms with Crippen molar-refractivity contribution in [1.82, 2.24) is 4.90 Å². The molecule has 1 atom stereocenters. The van der Waals surface area contributed by atoms with Gasteiger partial charge in [0, 0.05) is 19.8 Å². The van der Waals surface area contributed by atoms with Crippen LogP contribution in [0.3, 0.4) is 0 Å². The molecular formula is C15H28BrN3O3. The van der Waals surface area contributed by atoms with Gasteiger partial charge in [0.25, 0.3) is 0 Å². The predicted molar refractivity (Wildman–Crippen MR) is 93.5 cm³/mol. The molecule has 7 heteroatoms. The van der Waals surface area contributed by atoms with E-state index >= 15 is 0 Å². The van der Waals surface area contributed by atoms with E-state index in [2.05, 4.69) is 20.9 Å². The van der Waals surface area contributed by atoms with Crippen LogP contribution in [0.2, 0.25) is 0 Å². The number of halogens is 1. The molecule has 0 aromatic rings. The first-order chi connectivity index (χ1) is 9.99. The van der Waals surface area contributed by atoms with Gasteiger partial charge in [-0.25, -0.2) is 4.79 Å². The zero-order chi connectivity index (χ0) is 17.5. The van der Waals surface area contributed by atoms with E-state index in [0.717, 1.165) is 10.2 Å². The Morgan fingerprint density at radius 2 is 1.95 bits per heavy atom. The van der Waals surface area contributed by atoms with Gasteiger partial charge in [0.05, 0.1) is 29.4 Å². The molecule has 0 radical (unpaired) electrons. The molecule has 0 aliphatic heterocycles. The highest BCUT2D eigenvalue weighted by Gasteiger charge is 2.23. The number of nitrogens with two attached hydrogens (primary N) is 1. The van der Waals surface area contributed by atoms with Gasteiger partial charge < -0.3 is 20.1 Å². The van der Waals surface area contributed by atoms with Crippen molar-refractivity contribution < 1.29 is 14.3 Å². The quantitative estimate of drug-likeness (QED) is 0.721. The number of hydrogen-bond donors (Lipinski definition) is 1. The van der Waals surface area contributed by atoms with Crippen molar-refractivity contribution in [3.8, 4) is 0 Å². The summed E-state index contributed by atoms with van der Waals surface area (Å²) in [5.41, 5.74) is 6.78. The normalized spacial score (nSPS) is 15.2. The molecule has 0 bridgehead atoms. The number of allylic oxidation sites excluding steroid dienone is 1. The lowest BCUT2D eigenvalue weighted by Crippen LogP contribution is -2.41. The van der Waals surface area contributed by atoms with Crippen LogP contribution >= 0.6 is 15.9 Å². The van der Waals surface area contributed by atoms with Crippen molar-refractivity contribution in [3.63, 3.8) is 0 Å². The molecule has 1 unspecified atom stereocenters. The molecule has 0 aromatic carbocycles. The Balaban J connectivity index is 4.40. The topological polar surface area (TPSA) is 77.2 Å². The van der Waals surface area contributed by atoms with Crippen LogP contribution in [0.25, 0.3) is 0 Å². The lowest BCUT2D eigenvalue weighted by Gasteiger charge is -2.28. The Kier molecular flexibility index (Phi) is 8.70. The number of aliphatic imine (C=N–C) groups is 1. The van der Waals surface area contributed by atoms with Crippen molar-refractivity contribution in [2.75, 3.05) is 27.3 Å². The van der Waals surface area contributed by atoms with Gasteiger partial charge in [-0.3, -0.25) is 4.99 Å². The van der Waals surface area contributed by atoms with E-state index in [-0.39, 0.29) is 18.7 Å². The molecule has 0 aliphatic rings. The first-order valence-corrected chi connectivity index (χ1v) is 7.90. The van der Waals surface area contributed by atoms with E-state index in [1.807, 2.05) is 34.6 Å². The van der Waals surface area contributed by atoms with E-state index in [1.54, 1.807) is 14.1 Å². The fourth-order valence-corrected chi connectivity index (χ4v) is 1.65. The highest BCUT2D eigenvalue weighted by Crippen LogP contribution is 2.13. The molecule has 0 heterocycles. The maximum absolute atomic E-state index is 11.9. The molecule has 6 nitrogen and oxygen atoms in total. The van der Waals surface area contributed by atoms with Crippen LogP contribution in [-0.2, 0) is 9.47 Å². The second-order valence-electron chi connectivity index (χ2n) is 6.10. The number of nitrogens with zero attached hydrogens (tertiary/aromatic N) is 2. The van der Waals surface area contributed by atoms with Gasteiger partial charge in [-0.05, 0) is 50.5 Å². The van der Waals surface area contributed by atoms with Gasteiger partial charge in [0.1, 0.15) is 5.60 Å². The molecular weight excluding hydrogens is 350 g/mol. The third-order valence-corrected chi connectivity index (χ3v) is 3.98. The minimum absolute atomic E-state index is 0.123. The van der Waals surface area contributed by atoms with Gasteiger partial charge in [-0.2, -0.15) is 0 Å². The molecule has 22 heavy (non-hydrogen) atoms. The van der Waals surface area contributed by atoms with Crippen molar-refractivity contribution in [2.24, 2.45) is 10.7 Å². The summed E-state index contributed by atoms with van der Waals surface area (Å²) in [7, 11) is 3.38. The summed E-state index contributed by atoms with van der Waals surface area (Å²) in [6, 6.07) is -0.123. The lowest BCUT2D eigenvalue weighted by molar-refractivity contribution is 0.0128. The van der Waals surface area contributed by atoms with E-state index in [1.165, 1.54) is 4.90 Å². The van der Waals surface area contributed by atoms with Crippen LogP contribution in [0, 0.1) is 0 Å². The minimum atomic E-state index is -0.513. The van der Waals surface area contributed by atoms with Crippen molar-refractivity contribution in [3.05, 3.63) is 10.2 Å². The SMILES string of the molecule is CN=C(C)/C(Br)=C(\N)COCC(C)N(C)C(=O)OC(C)(C)C. The van der Waals surface area contributed by atoms with Gasteiger partial charge in [0.15, 0.2) is 0 Å². The molecule has 0 spiro atoms. The minimum Gasteiger partial charge on any atom is -0.444 e. The summed E-state index contributed by atoms with van der Waals surface area (Å²) in [5, 5.41) is 0. The van der Waals surface area contributed by atoms with Crippen molar-refractivity contribution >= 4 is 27.7 Å². The van der Waals surface area contributed by atoms with Crippen molar-refractivity contribution in [2.45, 2.75) is 46.3 Å². The number of hydrogen-bond acceptors (Lipinski definition) is 5.